The van der Waals surface area contributed by atoms with Crippen LogP contribution in [0.25, 0.3) is 32.9 Å². The first-order valence-corrected chi connectivity index (χ1v) is 13.1. The highest BCUT2D eigenvalue weighted by Gasteiger charge is 2.45. The number of fused-ring (bicyclic) bond motifs is 4. The molecule has 2 atom stereocenters. The number of aromatic hydroxyl groups is 1. The molecule has 1 amide bonds. The van der Waals surface area contributed by atoms with Gasteiger partial charge in [0.1, 0.15) is 34.2 Å². The minimum Gasteiger partial charge on any atom is -0.508 e. The van der Waals surface area contributed by atoms with Gasteiger partial charge in [-0.15, -0.1) is 0 Å². The van der Waals surface area contributed by atoms with E-state index in [0.29, 0.717) is 29.7 Å². The van der Waals surface area contributed by atoms with Crippen molar-refractivity contribution in [3.63, 3.8) is 0 Å². The Kier molecular flexibility index (Phi) is 6.12. The van der Waals surface area contributed by atoms with Crippen LogP contribution >= 0.6 is 0 Å². The summed E-state index contributed by atoms with van der Waals surface area (Å²) in [6, 6.07) is 6.90. The smallest absolute Gasteiger partial charge is 0.410 e. The Hall–Kier alpha value is -4.28. The summed E-state index contributed by atoms with van der Waals surface area (Å²) in [6.45, 7) is 6.46. The van der Waals surface area contributed by atoms with Crippen LogP contribution in [0.5, 0.6) is 11.8 Å². The molecule has 2 aliphatic rings. The fraction of sp³-hybridized carbons (Fsp3) is 0.379. The topological polar surface area (TPSA) is 101 Å². The number of halogens is 2. The van der Waals surface area contributed by atoms with Gasteiger partial charge in [0.05, 0.1) is 24.6 Å². The molecular weight excluding hydrogens is 520 g/mol. The lowest BCUT2D eigenvalue weighted by molar-refractivity contribution is 0.0123. The molecule has 0 aliphatic carbocycles. The number of anilines is 1. The first-order valence-electron chi connectivity index (χ1n) is 13.1. The number of piperazine rings is 1. The van der Waals surface area contributed by atoms with Gasteiger partial charge in [-0.05, 0) is 57.2 Å². The lowest BCUT2D eigenvalue weighted by atomic mass is 9.99. The van der Waals surface area contributed by atoms with E-state index in [9.17, 15) is 14.3 Å². The molecular formula is C29H29F2N5O4. The van der Waals surface area contributed by atoms with Crippen molar-refractivity contribution in [1.82, 2.24) is 19.9 Å². The molecule has 0 saturated carbocycles. The molecule has 0 radical (unpaired) electrons. The maximum Gasteiger partial charge on any atom is 0.410 e. The Morgan fingerprint density at radius 1 is 1.10 bits per heavy atom. The Balaban J connectivity index is 1.43. The largest absolute Gasteiger partial charge is 0.508 e. The molecule has 2 aliphatic heterocycles. The molecule has 1 N–H and O–H groups in total. The zero-order valence-corrected chi connectivity index (χ0v) is 22.6. The van der Waals surface area contributed by atoms with Crippen LogP contribution in [0, 0.1) is 11.6 Å². The Morgan fingerprint density at radius 2 is 1.82 bits per heavy atom. The maximum absolute atomic E-state index is 16.2. The molecule has 6 rings (SSSR count). The number of rotatable bonds is 3. The number of hydrogen-bond acceptors (Lipinski definition) is 8. The molecule has 2 fully saturated rings. The predicted molar refractivity (Wildman–Crippen MR) is 146 cm³/mol. The molecule has 11 heteroatoms. The van der Waals surface area contributed by atoms with E-state index < -0.39 is 17.2 Å². The van der Waals surface area contributed by atoms with Crippen molar-refractivity contribution in [2.24, 2.45) is 0 Å². The second kappa shape index (κ2) is 9.42. The number of benzene rings is 2. The van der Waals surface area contributed by atoms with Crippen molar-refractivity contribution < 1.29 is 28.2 Å². The number of methoxy groups -OCH3 is 1. The average molecular weight is 550 g/mol. The summed E-state index contributed by atoms with van der Waals surface area (Å²) in [4.78, 5) is 29.9. The van der Waals surface area contributed by atoms with Gasteiger partial charge in [0, 0.05) is 30.2 Å². The third-order valence-corrected chi connectivity index (χ3v) is 7.38. The first-order chi connectivity index (χ1) is 19.0. The van der Waals surface area contributed by atoms with Crippen LogP contribution in [0.15, 0.2) is 36.5 Å². The SMILES string of the molecule is COc1nc(N2CC3CCC(C2)N3C(=O)OC(C)(C)C)c2cnc(-c3cc(O)cc4cccc(F)c34)c(F)c2n1. The van der Waals surface area contributed by atoms with Gasteiger partial charge in [0.15, 0.2) is 5.82 Å². The minimum atomic E-state index is -0.787. The number of carbonyl (C=O) groups excluding carboxylic acids is 1. The van der Waals surface area contributed by atoms with E-state index in [-0.39, 0.29) is 52.1 Å². The van der Waals surface area contributed by atoms with Crippen LogP contribution in [0.1, 0.15) is 33.6 Å². The number of hydrogen-bond donors (Lipinski definition) is 1. The summed E-state index contributed by atoms with van der Waals surface area (Å²) in [5.41, 5.74) is -0.688. The standard InChI is InChI=1S/C29H29F2N5O4/c1-29(2,3)40-28(38)36-16-8-9-17(36)14-35(13-16)26-20-12-32-24(23(31)25(20)33-27(34-26)39-4)19-11-18(37)10-15-6-5-7-21(30)22(15)19/h5-7,10-12,16-17,37H,8-9,13-14H2,1-4H3. The average Bonchev–Trinajstić information content (AvgIpc) is 3.16. The van der Waals surface area contributed by atoms with E-state index in [1.54, 1.807) is 11.0 Å². The van der Waals surface area contributed by atoms with Crippen molar-refractivity contribution in [2.75, 3.05) is 25.1 Å². The van der Waals surface area contributed by atoms with Gasteiger partial charge in [-0.2, -0.15) is 9.97 Å². The lowest BCUT2D eigenvalue weighted by Crippen LogP contribution is -2.57. The van der Waals surface area contributed by atoms with Crippen molar-refractivity contribution >= 4 is 33.6 Å². The molecule has 2 unspecified atom stereocenters. The van der Waals surface area contributed by atoms with Gasteiger partial charge in [-0.3, -0.25) is 9.88 Å². The molecule has 208 valence electrons. The monoisotopic (exact) mass is 549 g/mol. The van der Waals surface area contributed by atoms with Crippen molar-refractivity contribution in [3.8, 4) is 23.0 Å². The second-order valence-corrected chi connectivity index (χ2v) is 11.2. The number of nitrogens with zero attached hydrogens (tertiary/aromatic N) is 5. The molecule has 2 bridgehead atoms. The van der Waals surface area contributed by atoms with Crippen molar-refractivity contribution in [3.05, 3.63) is 48.2 Å². The van der Waals surface area contributed by atoms with E-state index in [1.807, 2.05) is 25.7 Å². The fourth-order valence-corrected chi connectivity index (χ4v) is 5.78. The zero-order valence-electron chi connectivity index (χ0n) is 22.6. The normalized spacial score (nSPS) is 18.9. The van der Waals surface area contributed by atoms with Gasteiger partial charge < -0.3 is 19.5 Å². The third-order valence-electron chi connectivity index (χ3n) is 7.38. The van der Waals surface area contributed by atoms with Crippen LogP contribution in [0.4, 0.5) is 19.4 Å². The van der Waals surface area contributed by atoms with Gasteiger partial charge in [0.2, 0.25) is 0 Å². The van der Waals surface area contributed by atoms with Gasteiger partial charge in [-0.25, -0.2) is 13.6 Å². The Bertz CT molecular complexity index is 1640. The molecule has 2 aromatic heterocycles. The second-order valence-electron chi connectivity index (χ2n) is 11.2. The molecule has 4 heterocycles. The van der Waals surface area contributed by atoms with Crippen molar-refractivity contribution in [1.29, 1.82) is 0 Å². The van der Waals surface area contributed by atoms with Crippen LogP contribution < -0.4 is 9.64 Å². The van der Waals surface area contributed by atoms with Gasteiger partial charge in [0.25, 0.3) is 0 Å². The number of amides is 1. The Morgan fingerprint density at radius 3 is 2.50 bits per heavy atom. The number of aromatic nitrogens is 3. The summed E-state index contributed by atoms with van der Waals surface area (Å²) < 4.78 is 42.0. The predicted octanol–water partition coefficient (Wildman–Crippen LogP) is 5.43. The maximum atomic E-state index is 16.2. The summed E-state index contributed by atoms with van der Waals surface area (Å²) in [6.07, 6.45) is 2.75. The summed E-state index contributed by atoms with van der Waals surface area (Å²) in [5.74, 6) is -1.06. The molecule has 2 saturated heterocycles. The molecule has 0 spiro atoms. The lowest BCUT2D eigenvalue weighted by Gasteiger charge is -2.42. The first kappa shape index (κ1) is 26.0. The highest BCUT2D eigenvalue weighted by atomic mass is 19.1. The molecule has 4 aromatic rings. The summed E-state index contributed by atoms with van der Waals surface area (Å²) in [5, 5.41) is 11.2. The summed E-state index contributed by atoms with van der Waals surface area (Å²) >= 11 is 0. The number of phenolic OH excluding ortho intramolecular Hbond substituents is 1. The highest BCUT2D eigenvalue weighted by Crippen LogP contribution is 2.39. The quantitative estimate of drug-likeness (QED) is 0.361. The summed E-state index contributed by atoms with van der Waals surface area (Å²) in [7, 11) is 1.40. The van der Waals surface area contributed by atoms with E-state index in [2.05, 4.69) is 15.0 Å². The third kappa shape index (κ3) is 4.39. The fourth-order valence-electron chi connectivity index (χ4n) is 5.78. The minimum absolute atomic E-state index is 0.0348. The van der Waals surface area contributed by atoms with Crippen molar-refractivity contribution in [2.45, 2.75) is 51.3 Å². The number of pyridine rings is 1. The molecule has 9 nitrogen and oxygen atoms in total. The van der Waals surface area contributed by atoms with Gasteiger partial charge in [-0.1, -0.05) is 12.1 Å². The number of phenols is 1. The van der Waals surface area contributed by atoms with E-state index in [4.69, 9.17) is 9.47 Å². The highest BCUT2D eigenvalue weighted by molar-refractivity contribution is 6.00. The molecule has 2 aromatic carbocycles. The van der Waals surface area contributed by atoms with Crippen LogP contribution in [-0.4, -0.2) is 68.9 Å². The van der Waals surface area contributed by atoms with Crippen LogP contribution in [0.3, 0.4) is 0 Å². The Labute approximate surface area is 229 Å². The van der Waals surface area contributed by atoms with E-state index >= 15 is 4.39 Å². The molecule has 40 heavy (non-hydrogen) atoms. The van der Waals surface area contributed by atoms with Gasteiger partial charge >= 0.3 is 12.1 Å². The number of ether oxygens (including phenoxy) is 2. The van der Waals surface area contributed by atoms with E-state index in [1.165, 1.54) is 37.6 Å². The van der Waals surface area contributed by atoms with E-state index in [0.717, 1.165) is 12.8 Å². The van der Waals surface area contributed by atoms with Crippen LogP contribution in [-0.2, 0) is 4.74 Å². The zero-order chi connectivity index (χ0) is 28.3. The number of carbonyl (C=O) groups is 1. The van der Waals surface area contributed by atoms with Crippen LogP contribution in [0.2, 0.25) is 0 Å².